The Balaban J connectivity index is 2.42. The van der Waals surface area contributed by atoms with Crippen molar-refractivity contribution in [1.82, 2.24) is 0 Å². The number of ether oxygens (including phenoxy) is 2. The third-order valence-electron chi connectivity index (χ3n) is 3.92. The van der Waals surface area contributed by atoms with Crippen LogP contribution in [0.2, 0.25) is 0 Å². The minimum absolute atomic E-state index is 0.312. The normalized spacial score (nSPS) is 12.0. The molecule has 1 unspecified atom stereocenters. The maximum Gasteiger partial charge on any atom is 0.341 e. The summed E-state index contributed by atoms with van der Waals surface area (Å²) in [6.07, 6.45) is 9.04. The molecule has 24 heavy (non-hydrogen) atoms. The molecule has 0 N–H and O–H groups in total. The summed E-state index contributed by atoms with van der Waals surface area (Å²) in [6, 6.07) is 5.62. The highest BCUT2D eigenvalue weighted by Crippen LogP contribution is 2.23. The molecular formula is C20H31IO3. The van der Waals surface area contributed by atoms with Crippen LogP contribution < -0.4 is 4.74 Å². The van der Waals surface area contributed by atoms with Crippen molar-refractivity contribution >= 4 is 28.6 Å². The van der Waals surface area contributed by atoms with E-state index in [0.29, 0.717) is 28.5 Å². The number of halogens is 1. The Bertz CT molecular complexity index is 488. The van der Waals surface area contributed by atoms with E-state index in [0.717, 1.165) is 12.0 Å². The second kappa shape index (κ2) is 12.6. The van der Waals surface area contributed by atoms with Crippen molar-refractivity contribution in [2.75, 3.05) is 13.2 Å². The molecule has 0 spiro atoms. The number of rotatable bonds is 12. The molecule has 0 amide bonds. The van der Waals surface area contributed by atoms with Gasteiger partial charge in [0.15, 0.2) is 0 Å². The van der Waals surface area contributed by atoms with Crippen molar-refractivity contribution in [2.24, 2.45) is 0 Å². The Morgan fingerprint density at radius 1 is 1.12 bits per heavy atom. The number of carbonyl (C=O) groups excluding carboxylic acids is 1. The number of benzene rings is 1. The second-order valence-electron chi connectivity index (χ2n) is 6.18. The molecule has 0 saturated heterocycles. The van der Waals surface area contributed by atoms with E-state index in [4.69, 9.17) is 9.47 Å². The van der Waals surface area contributed by atoms with Gasteiger partial charge in [-0.2, -0.15) is 0 Å². The molecule has 0 heterocycles. The van der Waals surface area contributed by atoms with Crippen molar-refractivity contribution in [2.45, 2.75) is 69.6 Å². The number of alkyl halides is 1. The van der Waals surface area contributed by atoms with E-state index in [1.165, 1.54) is 38.5 Å². The average molecular weight is 446 g/mol. The van der Waals surface area contributed by atoms with Gasteiger partial charge in [-0.05, 0) is 38.0 Å². The first-order valence-electron chi connectivity index (χ1n) is 9.13. The smallest absolute Gasteiger partial charge is 0.341 e. The van der Waals surface area contributed by atoms with Crippen molar-refractivity contribution in [1.29, 1.82) is 0 Å². The lowest BCUT2D eigenvalue weighted by Crippen LogP contribution is -2.14. The number of hydrogen-bond acceptors (Lipinski definition) is 3. The Kier molecular flexibility index (Phi) is 11.1. The monoisotopic (exact) mass is 446 g/mol. The van der Waals surface area contributed by atoms with Crippen molar-refractivity contribution in [3.05, 3.63) is 29.3 Å². The fourth-order valence-corrected chi connectivity index (χ4v) is 3.16. The van der Waals surface area contributed by atoms with Gasteiger partial charge in [0.05, 0.1) is 13.2 Å². The Hall–Kier alpha value is -0.780. The predicted molar refractivity (Wildman–Crippen MR) is 108 cm³/mol. The van der Waals surface area contributed by atoms with Gasteiger partial charge < -0.3 is 9.47 Å². The Morgan fingerprint density at radius 2 is 1.83 bits per heavy atom. The minimum atomic E-state index is -0.312. The van der Waals surface area contributed by atoms with Gasteiger partial charge in [0, 0.05) is 3.92 Å². The van der Waals surface area contributed by atoms with Gasteiger partial charge >= 0.3 is 5.97 Å². The summed E-state index contributed by atoms with van der Waals surface area (Å²) < 4.78 is 11.5. The van der Waals surface area contributed by atoms with Gasteiger partial charge in [0.25, 0.3) is 0 Å². The topological polar surface area (TPSA) is 35.5 Å². The molecule has 1 aromatic carbocycles. The van der Waals surface area contributed by atoms with Crippen LogP contribution in [0.1, 0.15) is 74.7 Å². The van der Waals surface area contributed by atoms with E-state index >= 15 is 0 Å². The van der Waals surface area contributed by atoms with Crippen molar-refractivity contribution < 1.29 is 14.3 Å². The number of carbonyl (C=O) groups is 1. The van der Waals surface area contributed by atoms with E-state index in [1.807, 2.05) is 26.0 Å². The van der Waals surface area contributed by atoms with E-state index in [-0.39, 0.29) is 5.97 Å². The fraction of sp³-hybridized carbons (Fsp3) is 0.650. The van der Waals surface area contributed by atoms with Crippen LogP contribution in [0.3, 0.4) is 0 Å². The molecule has 4 heteroatoms. The number of hydrogen-bond donors (Lipinski definition) is 0. The molecule has 136 valence electrons. The first-order valence-corrected chi connectivity index (χ1v) is 10.4. The highest BCUT2D eigenvalue weighted by atomic mass is 127. The van der Waals surface area contributed by atoms with Crippen LogP contribution in [-0.4, -0.2) is 23.1 Å². The molecule has 0 fully saturated rings. The quantitative estimate of drug-likeness (QED) is 0.168. The highest BCUT2D eigenvalue weighted by molar-refractivity contribution is 14.1. The lowest BCUT2D eigenvalue weighted by molar-refractivity contribution is 0.0521. The Morgan fingerprint density at radius 3 is 2.54 bits per heavy atom. The van der Waals surface area contributed by atoms with Crippen LogP contribution in [0.5, 0.6) is 5.75 Å². The van der Waals surface area contributed by atoms with Crippen LogP contribution in [0.4, 0.5) is 0 Å². The molecular weight excluding hydrogens is 415 g/mol. The van der Waals surface area contributed by atoms with Gasteiger partial charge in [-0.25, -0.2) is 4.79 Å². The van der Waals surface area contributed by atoms with Crippen LogP contribution in [0.15, 0.2) is 18.2 Å². The fourth-order valence-electron chi connectivity index (χ4n) is 2.54. The summed E-state index contributed by atoms with van der Waals surface area (Å²) in [5, 5.41) is 0. The molecule has 0 aliphatic heterocycles. The molecule has 0 aliphatic carbocycles. The molecule has 0 bridgehead atoms. The van der Waals surface area contributed by atoms with Crippen LogP contribution >= 0.6 is 22.6 Å². The summed E-state index contributed by atoms with van der Waals surface area (Å²) in [5.41, 5.74) is 1.60. The number of aryl methyl sites for hydroxylation is 1. The summed E-state index contributed by atoms with van der Waals surface area (Å²) in [7, 11) is 0. The van der Waals surface area contributed by atoms with E-state index in [2.05, 4.69) is 29.5 Å². The van der Waals surface area contributed by atoms with Gasteiger partial charge in [0.2, 0.25) is 0 Å². The maximum absolute atomic E-state index is 12.0. The number of esters is 1. The largest absolute Gasteiger partial charge is 0.492 e. The minimum Gasteiger partial charge on any atom is -0.492 e. The van der Waals surface area contributed by atoms with Crippen LogP contribution in [0.25, 0.3) is 0 Å². The third-order valence-corrected chi connectivity index (χ3v) is 4.91. The number of unbranched alkanes of at least 4 members (excludes halogenated alkanes) is 5. The van der Waals surface area contributed by atoms with Gasteiger partial charge in [0.1, 0.15) is 11.3 Å². The zero-order valence-electron chi connectivity index (χ0n) is 15.3. The molecule has 1 rings (SSSR count). The zero-order valence-corrected chi connectivity index (χ0v) is 17.4. The van der Waals surface area contributed by atoms with Crippen molar-refractivity contribution in [3.63, 3.8) is 0 Å². The zero-order chi connectivity index (χ0) is 17.8. The molecule has 0 aliphatic rings. The lowest BCUT2D eigenvalue weighted by Gasteiger charge is -2.15. The third kappa shape index (κ3) is 8.36. The second-order valence-corrected chi connectivity index (χ2v) is 7.95. The average Bonchev–Trinajstić information content (AvgIpc) is 2.56. The van der Waals surface area contributed by atoms with Gasteiger partial charge in [-0.15, -0.1) is 0 Å². The van der Waals surface area contributed by atoms with Gasteiger partial charge in [-0.3, -0.25) is 0 Å². The van der Waals surface area contributed by atoms with E-state index in [1.54, 1.807) is 6.07 Å². The molecule has 0 saturated carbocycles. The summed E-state index contributed by atoms with van der Waals surface area (Å²) in [6.45, 7) is 7.06. The molecule has 1 atom stereocenters. The maximum atomic E-state index is 12.0. The first-order chi connectivity index (χ1) is 11.6. The summed E-state index contributed by atoms with van der Waals surface area (Å²) in [4.78, 5) is 12.0. The van der Waals surface area contributed by atoms with Crippen LogP contribution in [0, 0.1) is 6.92 Å². The van der Waals surface area contributed by atoms with E-state index < -0.39 is 0 Å². The summed E-state index contributed by atoms with van der Waals surface area (Å²) >= 11 is 2.45. The molecule has 1 aromatic rings. The molecule has 0 radical (unpaired) electrons. The molecule has 3 nitrogen and oxygen atoms in total. The highest BCUT2D eigenvalue weighted by Gasteiger charge is 2.15. The first kappa shape index (κ1) is 21.3. The van der Waals surface area contributed by atoms with Crippen LogP contribution in [-0.2, 0) is 4.74 Å². The SMILES string of the molecule is CCCCCCCCC(I)COc1cc(C)ccc1C(=O)OCC. The van der Waals surface area contributed by atoms with E-state index in [9.17, 15) is 4.79 Å². The predicted octanol–water partition coefficient (Wildman–Crippen LogP) is 6.10. The standard InChI is InChI=1S/C20H31IO3/c1-4-6-7-8-9-10-11-17(21)15-24-19-14-16(3)12-13-18(19)20(22)23-5-2/h12-14,17H,4-11,15H2,1-3H3. The lowest BCUT2D eigenvalue weighted by atomic mass is 10.1. The Labute approximate surface area is 160 Å². The van der Waals surface area contributed by atoms with Gasteiger partial charge in [-0.1, -0.05) is 74.1 Å². The summed E-state index contributed by atoms with van der Waals surface area (Å²) in [5.74, 6) is 0.325. The van der Waals surface area contributed by atoms with Crippen molar-refractivity contribution in [3.8, 4) is 5.75 Å². The molecule has 0 aromatic heterocycles.